The van der Waals surface area contributed by atoms with E-state index in [-0.39, 0.29) is 12.3 Å². The second-order valence-electron chi connectivity index (χ2n) is 3.75. The van der Waals surface area contributed by atoms with Gasteiger partial charge in [0.1, 0.15) is 15.9 Å². The van der Waals surface area contributed by atoms with Gasteiger partial charge in [-0.2, -0.15) is 0 Å². The van der Waals surface area contributed by atoms with E-state index in [0.29, 0.717) is 6.42 Å². The molecule has 0 fully saturated rings. The van der Waals surface area contributed by atoms with E-state index in [0.717, 1.165) is 12.7 Å². The molecule has 0 rings (SSSR count). The van der Waals surface area contributed by atoms with Gasteiger partial charge in [-0.05, 0) is 13.5 Å². The molecule has 15 heavy (non-hydrogen) atoms. The predicted molar refractivity (Wildman–Crippen MR) is 58.7 cm³/mol. The Kier molecular flexibility index (Phi) is 5.82. The van der Waals surface area contributed by atoms with Crippen LogP contribution >= 0.6 is 0 Å². The van der Waals surface area contributed by atoms with Gasteiger partial charge in [0.25, 0.3) is 0 Å². The van der Waals surface area contributed by atoms with Crippen molar-refractivity contribution in [3.63, 3.8) is 0 Å². The lowest BCUT2D eigenvalue weighted by Gasteiger charge is -2.23. The number of nitrogens with zero attached hydrogens (tertiary/aromatic N) is 1. The maximum atomic E-state index is 10.9. The number of carboxylic acid groups (broad SMARTS) is 1. The number of aliphatic carboxylic acids is 1. The lowest BCUT2D eigenvalue weighted by Crippen LogP contribution is -2.40. The van der Waals surface area contributed by atoms with Crippen LogP contribution in [0.3, 0.4) is 0 Å². The lowest BCUT2D eigenvalue weighted by molar-refractivity contribution is -0.142. The minimum absolute atomic E-state index is 0.00298. The monoisotopic (exact) mass is 237 g/mol. The quantitative estimate of drug-likeness (QED) is 0.685. The van der Waals surface area contributed by atoms with Gasteiger partial charge in [0.2, 0.25) is 0 Å². The Labute approximate surface area is 91.0 Å². The molecule has 0 amide bonds. The fourth-order valence-corrected chi connectivity index (χ4v) is 1.89. The molecular weight excluding hydrogens is 218 g/mol. The molecule has 0 radical (unpaired) electrons. The summed E-state index contributed by atoms with van der Waals surface area (Å²) in [4.78, 5) is 12.4. The van der Waals surface area contributed by atoms with Crippen molar-refractivity contribution in [1.29, 1.82) is 0 Å². The third kappa shape index (κ3) is 6.46. The summed E-state index contributed by atoms with van der Waals surface area (Å²) in [5.41, 5.74) is 0. The Morgan fingerprint density at radius 3 is 2.33 bits per heavy atom. The van der Waals surface area contributed by atoms with E-state index in [1.54, 1.807) is 11.9 Å². The molecule has 1 unspecified atom stereocenters. The van der Waals surface area contributed by atoms with Crippen LogP contribution in [0.5, 0.6) is 0 Å². The topological polar surface area (TPSA) is 74.7 Å². The number of hydrogen-bond donors (Lipinski definition) is 1. The third-order valence-corrected chi connectivity index (χ3v) is 3.12. The van der Waals surface area contributed by atoms with Crippen molar-refractivity contribution in [2.45, 2.75) is 25.8 Å². The average Bonchev–Trinajstić information content (AvgIpc) is 2.08. The van der Waals surface area contributed by atoms with E-state index in [1.165, 1.54) is 0 Å². The molecule has 0 aromatic carbocycles. The normalized spacial score (nSPS) is 14.1. The first-order valence-electron chi connectivity index (χ1n) is 4.88. The van der Waals surface area contributed by atoms with Gasteiger partial charge in [-0.15, -0.1) is 0 Å². The van der Waals surface area contributed by atoms with Crippen LogP contribution in [-0.4, -0.2) is 56.0 Å². The van der Waals surface area contributed by atoms with Crippen molar-refractivity contribution >= 4 is 15.8 Å². The largest absolute Gasteiger partial charge is 0.480 e. The molecule has 1 atom stereocenters. The van der Waals surface area contributed by atoms with Gasteiger partial charge in [-0.25, -0.2) is 8.42 Å². The maximum Gasteiger partial charge on any atom is 0.320 e. The average molecular weight is 237 g/mol. The van der Waals surface area contributed by atoms with Crippen LogP contribution in [0.15, 0.2) is 0 Å². The zero-order chi connectivity index (χ0) is 12.1. The summed E-state index contributed by atoms with van der Waals surface area (Å²) in [5, 5.41) is 8.91. The SMILES string of the molecule is CCCC(C(=O)O)N(C)CCS(C)(=O)=O. The zero-order valence-electron chi connectivity index (χ0n) is 9.43. The van der Waals surface area contributed by atoms with Crippen LogP contribution in [0.2, 0.25) is 0 Å². The van der Waals surface area contributed by atoms with Crippen molar-refractivity contribution < 1.29 is 18.3 Å². The highest BCUT2D eigenvalue weighted by Gasteiger charge is 2.21. The van der Waals surface area contributed by atoms with E-state index < -0.39 is 21.8 Å². The van der Waals surface area contributed by atoms with E-state index in [9.17, 15) is 13.2 Å². The second kappa shape index (κ2) is 6.07. The van der Waals surface area contributed by atoms with Crippen molar-refractivity contribution in [2.75, 3.05) is 25.6 Å². The fraction of sp³-hybridized carbons (Fsp3) is 0.889. The standard InChI is InChI=1S/C9H19NO4S/c1-4-5-8(9(11)12)10(2)6-7-15(3,13)14/h8H,4-7H2,1-3H3,(H,11,12). The summed E-state index contributed by atoms with van der Waals surface area (Å²) >= 11 is 0. The molecule has 0 aliphatic carbocycles. The number of likely N-dealkylation sites (N-methyl/N-ethyl adjacent to an activating group) is 1. The maximum absolute atomic E-state index is 10.9. The van der Waals surface area contributed by atoms with Gasteiger partial charge in [-0.3, -0.25) is 9.69 Å². The van der Waals surface area contributed by atoms with Gasteiger partial charge in [0.15, 0.2) is 0 Å². The van der Waals surface area contributed by atoms with Crippen LogP contribution in [0.4, 0.5) is 0 Å². The number of carbonyl (C=O) groups is 1. The molecule has 0 saturated heterocycles. The highest BCUT2D eigenvalue weighted by Crippen LogP contribution is 2.05. The first-order chi connectivity index (χ1) is 6.78. The molecule has 90 valence electrons. The first-order valence-corrected chi connectivity index (χ1v) is 6.94. The van der Waals surface area contributed by atoms with Gasteiger partial charge in [0, 0.05) is 12.8 Å². The minimum atomic E-state index is -3.03. The second-order valence-corrected chi connectivity index (χ2v) is 6.01. The Morgan fingerprint density at radius 2 is 2.00 bits per heavy atom. The Morgan fingerprint density at radius 1 is 1.47 bits per heavy atom. The van der Waals surface area contributed by atoms with E-state index >= 15 is 0 Å². The van der Waals surface area contributed by atoms with Crippen LogP contribution in [-0.2, 0) is 14.6 Å². The number of rotatable bonds is 7. The van der Waals surface area contributed by atoms with Crippen LogP contribution < -0.4 is 0 Å². The van der Waals surface area contributed by atoms with Gasteiger partial charge < -0.3 is 5.11 Å². The van der Waals surface area contributed by atoms with Gasteiger partial charge in [-0.1, -0.05) is 13.3 Å². The van der Waals surface area contributed by atoms with Crippen LogP contribution in [0.25, 0.3) is 0 Å². The van der Waals surface area contributed by atoms with Crippen LogP contribution in [0.1, 0.15) is 19.8 Å². The minimum Gasteiger partial charge on any atom is -0.480 e. The Hall–Kier alpha value is -0.620. The number of hydrogen-bond acceptors (Lipinski definition) is 4. The van der Waals surface area contributed by atoms with Crippen molar-refractivity contribution in [2.24, 2.45) is 0 Å². The molecule has 1 N–H and O–H groups in total. The van der Waals surface area contributed by atoms with Crippen molar-refractivity contribution in [3.8, 4) is 0 Å². The molecule has 0 aliphatic heterocycles. The van der Waals surface area contributed by atoms with Crippen LogP contribution in [0, 0.1) is 0 Å². The highest BCUT2D eigenvalue weighted by atomic mass is 32.2. The summed E-state index contributed by atoms with van der Waals surface area (Å²) in [7, 11) is -1.39. The molecule has 0 bridgehead atoms. The van der Waals surface area contributed by atoms with Crippen molar-refractivity contribution in [3.05, 3.63) is 0 Å². The molecule has 0 spiro atoms. The molecular formula is C9H19NO4S. The third-order valence-electron chi connectivity index (χ3n) is 2.19. The van der Waals surface area contributed by atoms with E-state index in [1.807, 2.05) is 6.92 Å². The fourth-order valence-electron chi connectivity index (χ4n) is 1.27. The van der Waals surface area contributed by atoms with E-state index in [4.69, 9.17) is 5.11 Å². The number of sulfone groups is 1. The Balaban J connectivity index is 4.26. The van der Waals surface area contributed by atoms with Crippen molar-refractivity contribution in [1.82, 2.24) is 4.90 Å². The molecule has 0 heterocycles. The summed E-state index contributed by atoms with van der Waals surface area (Å²) in [6.45, 7) is 2.16. The lowest BCUT2D eigenvalue weighted by atomic mass is 10.1. The molecule has 0 aliphatic rings. The molecule has 0 aromatic rings. The first kappa shape index (κ1) is 14.4. The highest BCUT2D eigenvalue weighted by molar-refractivity contribution is 7.90. The molecule has 6 heteroatoms. The van der Waals surface area contributed by atoms with Gasteiger partial charge in [0.05, 0.1) is 5.75 Å². The Bertz CT molecular complexity index is 299. The summed E-state index contributed by atoms with van der Waals surface area (Å²) in [6, 6.07) is -0.586. The molecule has 0 saturated carbocycles. The number of carboxylic acids is 1. The van der Waals surface area contributed by atoms with Gasteiger partial charge >= 0.3 is 5.97 Å². The summed E-state index contributed by atoms with van der Waals surface area (Å²) in [5.74, 6) is -0.898. The smallest absolute Gasteiger partial charge is 0.320 e. The predicted octanol–water partition coefficient (Wildman–Crippen LogP) is 0.216. The zero-order valence-corrected chi connectivity index (χ0v) is 10.2. The molecule has 0 aromatic heterocycles. The summed E-state index contributed by atoms with van der Waals surface area (Å²) < 4.78 is 21.8. The summed E-state index contributed by atoms with van der Waals surface area (Å²) in [6.07, 6.45) is 2.45. The van der Waals surface area contributed by atoms with E-state index in [2.05, 4.69) is 0 Å². The molecule has 5 nitrogen and oxygen atoms in total.